The molecule has 0 heterocycles. The number of carboxylic acids is 1. The lowest BCUT2D eigenvalue weighted by atomic mass is 10.0. The van der Waals surface area contributed by atoms with Crippen molar-refractivity contribution in [3.05, 3.63) is 47.8 Å². The van der Waals surface area contributed by atoms with E-state index in [0.717, 1.165) is 0 Å². The Morgan fingerprint density at radius 1 is 1.09 bits per heavy atom. The molecule has 0 saturated heterocycles. The van der Waals surface area contributed by atoms with Gasteiger partial charge in [-0.15, -0.1) is 0 Å². The first-order valence-electron chi connectivity index (χ1n) is 6.32. The van der Waals surface area contributed by atoms with Crippen LogP contribution in [0.5, 0.6) is 11.5 Å². The van der Waals surface area contributed by atoms with Gasteiger partial charge >= 0.3 is 11.9 Å². The van der Waals surface area contributed by atoms with Crippen molar-refractivity contribution < 1.29 is 28.6 Å². The van der Waals surface area contributed by atoms with Crippen molar-refractivity contribution in [2.45, 2.75) is 6.92 Å². The van der Waals surface area contributed by atoms with E-state index >= 15 is 0 Å². The van der Waals surface area contributed by atoms with Crippen molar-refractivity contribution in [2.75, 3.05) is 7.11 Å². The van der Waals surface area contributed by atoms with Crippen molar-refractivity contribution in [2.24, 2.45) is 0 Å². The van der Waals surface area contributed by atoms with Gasteiger partial charge in [0.2, 0.25) is 0 Å². The van der Waals surface area contributed by atoms with Crippen molar-refractivity contribution in [1.29, 1.82) is 0 Å². The summed E-state index contributed by atoms with van der Waals surface area (Å²) < 4.78 is 23.3. The maximum absolute atomic E-state index is 13.2. The van der Waals surface area contributed by atoms with Crippen LogP contribution in [0.1, 0.15) is 17.3 Å². The van der Waals surface area contributed by atoms with E-state index in [4.69, 9.17) is 14.6 Å². The van der Waals surface area contributed by atoms with Gasteiger partial charge in [-0.25, -0.2) is 9.18 Å². The molecule has 5 nitrogen and oxygen atoms in total. The molecule has 0 atom stereocenters. The summed E-state index contributed by atoms with van der Waals surface area (Å²) in [6, 6.07) is 8.23. The summed E-state index contributed by atoms with van der Waals surface area (Å²) in [6.45, 7) is 1.18. The summed E-state index contributed by atoms with van der Waals surface area (Å²) in [4.78, 5) is 22.3. The van der Waals surface area contributed by atoms with Gasteiger partial charge in [-0.2, -0.15) is 0 Å². The molecule has 0 amide bonds. The second kappa shape index (κ2) is 6.26. The topological polar surface area (TPSA) is 72.8 Å². The molecule has 6 heteroatoms. The van der Waals surface area contributed by atoms with Gasteiger partial charge in [0.1, 0.15) is 22.9 Å². The smallest absolute Gasteiger partial charge is 0.339 e. The van der Waals surface area contributed by atoms with Crippen LogP contribution >= 0.6 is 0 Å². The number of aromatic carboxylic acids is 1. The van der Waals surface area contributed by atoms with E-state index < -0.39 is 17.8 Å². The van der Waals surface area contributed by atoms with Crippen molar-refractivity contribution in [3.8, 4) is 22.6 Å². The quantitative estimate of drug-likeness (QED) is 0.694. The lowest BCUT2D eigenvalue weighted by Crippen LogP contribution is -2.07. The van der Waals surface area contributed by atoms with Gasteiger partial charge < -0.3 is 14.6 Å². The minimum atomic E-state index is -1.21. The van der Waals surface area contributed by atoms with E-state index in [-0.39, 0.29) is 17.1 Å². The lowest BCUT2D eigenvalue weighted by molar-refractivity contribution is -0.131. The van der Waals surface area contributed by atoms with Crippen LogP contribution in [-0.4, -0.2) is 24.2 Å². The van der Waals surface area contributed by atoms with Gasteiger partial charge in [0.05, 0.1) is 7.11 Å². The lowest BCUT2D eigenvalue weighted by Gasteiger charge is -2.11. The largest absolute Gasteiger partial charge is 0.496 e. The summed E-state index contributed by atoms with van der Waals surface area (Å²) in [5.74, 6) is -2.09. The molecule has 0 unspecified atom stereocenters. The third kappa shape index (κ3) is 3.22. The van der Waals surface area contributed by atoms with E-state index in [2.05, 4.69) is 0 Å². The standard InChI is InChI=1S/C16H13FO5/c1-9(18)22-15-7-10(3-5-13(15)16(19)20)12-6-4-11(17)8-14(12)21-2/h3-8H,1-2H3,(H,19,20). The molecule has 2 aromatic rings. The zero-order valence-electron chi connectivity index (χ0n) is 11.9. The Kier molecular flexibility index (Phi) is 4.41. The molecule has 0 aromatic heterocycles. The third-order valence-corrected chi connectivity index (χ3v) is 2.94. The highest BCUT2D eigenvalue weighted by molar-refractivity contribution is 5.93. The van der Waals surface area contributed by atoms with Crippen molar-refractivity contribution >= 4 is 11.9 Å². The van der Waals surface area contributed by atoms with Gasteiger partial charge in [-0.1, -0.05) is 6.07 Å². The molecule has 0 fully saturated rings. The molecule has 0 aliphatic heterocycles. The van der Waals surface area contributed by atoms with Gasteiger partial charge in [-0.05, 0) is 29.8 Å². The summed E-state index contributed by atoms with van der Waals surface area (Å²) in [5, 5.41) is 9.11. The van der Waals surface area contributed by atoms with Gasteiger partial charge in [0.25, 0.3) is 0 Å². The molecule has 1 N–H and O–H groups in total. The van der Waals surface area contributed by atoms with Gasteiger partial charge in [0, 0.05) is 18.6 Å². The number of ether oxygens (including phenoxy) is 2. The minimum Gasteiger partial charge on any atom is -0.496 e. The van der Waals surface area contributed by atoms with Crippen LogP contribution < -0.4 is 9.47 Å². The Hall–Kier alpha value is -2.89. The van der Waals surface area contributed by atoms with Crippen molar-refractivity contribution in [1.82, 2.24) is 0 Å². The Morgan fingerprint density at radius 2 is 1.82 bits per heavy atom. The van der Waals surface area contributed by atoms with Gasteiger partial charge in [-0.3, -0.25) is 4.79 Å². The van der Waals surface area contributed by atoms with Crippen LogP contribution in [-0.2, 0) is 4.79 Å². The van der Waals surface area contributed by atoms with Crippen LogP contribution in [0.2, 0.25) is 0 Å². The molecule has 114 valence electrons. The number of benzene rings is 2. The highest BCUT2D eigenvalue weighted by atomic mass is 19.1. The molecule has 2 rings (SSSR count). The molecule has 0 bridgehead atoms. The maximum Gasteiger partial charge on any atom is 0.339 e. The zero-order chi connectivity index (χ0) is 16.3. The highest BCUT2D eigenvalue weighted by Gasteiger charge is 2.16. The molecule has 2 aromatic carbocycles. The summed E-state index contributed by atoms with van der Waals surface area (Å²) in [7, 11) is 1.40. The highest BCUT2D eigenvalue weighted by Crippen LogP contribution is 2.34. The minimum absolute atomic E-state index is 0.0797. The van der Waals surface area contributed by atoms with E-state index in [9.17, 15) is 14.0 Å². The van der Waals surface area contributed by atoms with Crippen molar-refractivity contribution in [3.63, 3.8) is 0 Å². The Bertz CT molecular complexity index is 739. The number of carbonyl (C=O) groups excluding carboxylic acids is 1. The number of esters is 1. The monoisotopic (exact) mass is 304 g/mol. The first-order chi connectivity index (χ1) is 10.4. The van der Waals surface area contributed by atoms with Gasteiger partial charge in [0.15, 0.2) is 0 Å². The number of halogens is 1. The number of methoxy groups -OCH3 is 1. The maximum atomic E-state index is 13.2. The number of hydrogen-bond acceptors (Lipinski definition) is 4. The second-order valence-electron chi connectivity index (χ2n) is 4.45. The predicted octanol–water partition coefficient (Wildman–Crippen LogP) is 3.12. The molecular weight excluding hydrogens is 291 g/mol. The van der Waals surface area contributed by atoms with Crippen LogP contribution in [0.15, 0.2) is 36.4 Å². The zero-order valence-corrected chi connectivity index (χ0v) is 11.9. The Balaban J connectivity index is 2.57. The molecule has 0 aliphatic carbocycles. The van der Waals surface area contributed by atoms with Crippen LogP contribution in [0, 0.1) is 5.82 Å². The number of rotatable bonds is 4. The summed E-state index contributed by atoms with van der Waals surface area (Å²) in [5.41, 5.74) is 0.951. The fraction of sp³-hybridized carbons (Fsp3) is 0.125. The Labute approximate surface area is 125 Å². The number of carbonyl (C=O) groups is 2. The average molecular weight is 304 g/mol. The normalized spacial score (nSPS) is 10.1. The molecule has 0 aliphatic rings. The Morgan fingerprint density at radius 3 is 2.41 bits per heavy atom. The first kappa shape index (κ1) is 15.5. The molecular formula is C16H13FO5. The van der Waals surface area contributed by atoms with Crippen LogP contribution in [0.4, 0.5) is 4.39 Å². The van der Waals surface area contributed by atoms with Crippen LogP contribution in [0.3, 0.4) is 0 Å². The molecule has 0 saturated carbocycles. The first-order valence-corrected chi connectivity index (χ1v) is 6.32. The fourth-order valence-electron chi connectivity index (χ4n) is 2.01. The van der Waals surface area contributed by atoms with Crippen LogP contribution in [0.25, 0.3) is 11.1 Å². The second-order valence-corrected chi connectivity index (χ2v) is 4.45. The fourth-order valence-corrected chi connectivity index (χ4v) is 2.01. The summed E-state index contributed by atoms with van der Waals surface area (Å²) in [6.07, 6.45) is 0. The van der Waals surface area contributed by atoms with E-state index in [1.165, 1.54) is 50.4 Å². The predicted molar refractivity (Wildman–Crippen MR) is 76.7 cm³/mol. The van der Waals surface area contributed by atoms with E-state index in [1.807, 2.05) is 0 Å². The average Bonchev–Trinajstić information content (AvgIpc) is 2.46. The SMILES string of the molecule is COc1cc(F)ccc1-c1ccc(C(=O)O)c(OC(C)=O)c1. The molecule has 22 heavy (non-hydrogen) atoms. The number of carboxylic acid groups (broad SMARTS) is 1. The molecule has 0 radical (unpaired) electrons. The van der Waals surface area contributed by atoms with E-state index in [0.29, 0.717) is 11.1 Å². The number of hydrogen-bond donors (Lipinski definition) is 1. The van der Waals surface area contributed by atoms with E-state index in [1.54, 1.807) is 0 Å². The summed E-state index contributed by atoms with van der Waals surface area (Å²) >= 11 is 0. The molecule has 0 spiro atoms. The third-order valence-electron chi connectivity index (χ3n) is 2.94.